The van der Waals surface area contributed by atoms with Crippen LogP contribution in [0, 0.1) is 5.92 Å². The molecule has 0 fully saturated rings. The lowest BCUT2D eigenvalue weighted by molar-refractivity contribution is -0.120. The van der Waals surface area contributed by atoms with Gasteiger partial charge in [0.1, 0.15) is 5.78 Å². The summed E-state index contributed by atoms with van der Waals surface area (Å²) in [6, 6.07) is 0. The highest BCUT2D eigenvalue weighted by Crippen LogP contribution is 2.12. The highest BCUT2D eigenvalue weighted by Gasteiger charge is 2.12. The summed E-state index contributed by atoms with van der Waals surface area (Å²) in [4.78, 5) is 22.0. The highest BCUT2D eigenvalue weighted by atomic mass is 32.2. The number of hydrogen-bond acceptors (Lipinski definition) is 3. The Labute approximate surface area is 84.5 Å². The zero-order valence-corrected chi connectivity index (χ0v) is 9.45. The van der Waals surface area contributed by atoms with Crippen molar-refractivity contribution in [1.82, 2.24) is 0 Å². The van der Waals surface area contributed by atoms with Crippen molar-refractivity contribution in [2.24, 2.45) is 5.92 Å². The fourth-order valence-corrected chi connectivity index (χ4v) is 1.62. The van der Waals surface area contributed by atoms with Gasteiger partial charge in [-0.15, -0.1) is 0 Å². The summed E-state index contributed by atoms with van der Waals surface area (Å²) in [5.41, 5.74) is 0. The third kappa shape index (κ3) is 6.82. The molecule has 0 bridgehead atoms. The molecule has 3 heteroatoms. The third-order valence-corrected chi connectivity index (χ3v) is 2.79. The van der Waals surface area contributed by atoms with Gasteiger partial charge < -0.3 is 0 Å². The standard InChI is InChI=1S/C10H18O2S/c1-4-5-6-8(2)10(12)7-13-9(3)11/h8H,4-7H2,1-3H3. The van der Waals surface area contributed by atoms with Gasteiger partial charge in [0, 0.05) is 12.8 Å². The van der Waals surface area contributed by atoms with Gasteiger partial charge in [-0.3, -0.25) is 9.59 Å². The van der Waals surface area contributed by atoms with Gasteiger partial charge in [-0.2, -0.15) is 0 Å². The molecule has 0 amide bonds. The second kappa shape index (κ2) is 7.13. The maximum Gasteiger partial charge on any atom is 0.186 e. The van der Waals surface area contributed by atoms with Gasteiger partial charge in [-0.1, -0.05) is 38.5 Å². The van der Waals surface area contributed by atoms with E-state index in [1.807, 2.05) is 6.92 Å². The summed E-state index contributed by atoms with van der Waals surface area (Å²) in [5, 5.41) is 0.0241. The van der Waals surface area contributed by atoms with Crippen LogP contribution in [0.15, 0.2) is 0 Å². The zero-order chi connectivity index (χ0) is 10.3. The van der Waals surface area contributed by atoms with Crippen LogP contribution in [0.5, 0.6) is 0 Å². The SMILES string of the molecule is CCCCC(C)C(=O)CSC(C)=O. The maximum atomic E-state index is 11.4. The Morgan fingerprint density at radius 3 is 2.46 bits per heavy atom. The van der Waals surface area contributed by atoms with E-state index in [1.165, 1.54) is 6.92 Å². The fraction of sp³-hybridized carbons (Fsp3) is 0.800. The second-order valence-electron chi connectivity index (χ2n) is 3.29. The Bertz CT molecular complexity index is 178. The van der Waals surface area contributed by atoms with Crippen LogP contribution in [-0.4, -0.2) is 16.7 Å². The quantitative estimate of drug-likeness (QED) is 0.664. The number of hydrogen-bond donors (Lipinski definition) is 0. The lowest BCUT2D eigenvalue weighted by Crippen LogP contribution is -2.14. The minimum absolute atomic E-state index is 0.0241. The van der Waals surface area contributed by atoms with Gasteiger partial charge in [-0.25, -0.2) is 0 Å². The Kier molecular flexibility index (Phi) is 6.96. The molecule has 0 aliphatic heterocycles. The first-order valence-corrected chi connectivity index (χ1v) is 5.72. The van der Waals surface area contributed by atoms with Crippen LogP contribution >= 0.6 is 11.8 Å². The number of ketones is 1. The Hall–Kier alpha value is -0.310. The average Bonchev–Trinajstić information content (AvgIpc) is 2.10. The number of unbranched alkanes of at least 4 members (excludes halogenated alkanes) is 1. The smallest absolute Gasteiger partial charge is 0.186 e. The Morgan fingerprint density at radius 1 is 1.38 bits per heavy atom. The van der Waals surface area contributed by atoms with E-state index in [0.717, 1.165) is 31.0 Å². The van der Waals surface area contributed by atoms with E-state index in [4.69, 9.17) is 0 Å². The van der Waals surface area contributed by atoms with Crippen molar-refractivity contribution in [3.8, 4) is 0 Å². The minimum atomic E-state index is 0.0241. The predicted molar refractivity (Wildman–Crippen MR) is 56.8 cm³/mol. The van der Waals surface area contributed by atoms with E-state index in [1.54, 1.807) is 0 Å². The molecule has 0 aromatic carbocycles. The molecule has 2 nitrogen and oxygen atoms in total. The summed E-state index contributed by atoms with van der Waals surface area (Å²) in [5.74, 6) is 0.667. The van der Waals surface area contributed by atoms with Crippen LogP contribution in [-0.2, 0) is 9.59 Å². The summed E-state index contributed by atoms with van der Waals surface area (Å²) in [6.07, 6.45) is 3.17. The molecule has 1 unspecified atom stereocenters. The molecule has 0 rings (SSSR count). The number of carbonyl (C=O) groups excluding carboxylic acids is 2. The van der Waals surface area contributed by atoms with E-state index in [-0.39, 0.29) is 16.8 Å². The monoisotopic (exact) mass is 202 g/mol. The molecule has 76 valence electrons. The summed E-state index contributed by atoms with van der Waals surface area (Å²) in [6.45, 7) is 5.55. The summed E-state index contributed by atoms with van der Waals surface area (Å²) >= 11 is 1.11. The lowest BCUT2D eigenvalue weighted by atomic mass is 10.0. The predicted octanol–water partition coefficient (Wildman–Crippen LogP) is 2.66. The largest absolute Gasteiger partial charge is 0.298 e. The van der Waals surface area contributed by atoms with Crippen molar-refractivity contribution in [2.45, 2.75) is 40.0 Å². The minimum Gasteiger partial charge on any atom is -0.298 e. The molecule has 0 aromatic heterocycles. The molecule has 0 saturated heterocycles. The molecule has 0 aliphatic carbocycles. The highest BCUT2D eigenvalue weighted by molar-refractivity contribution is 8.14. The molecular weight excluding hydrogens is 184 g/mol. The van der Waals surface area contributed by atoms with Gasteiger partial charge in [0.05, 0.1) is 5.75 Å². The van der Waals surface area contributed by atoms with E-state index >= 15 is 0 Å². The molecule has 0 spiro atoms. The zero-order valence-electron chi connectivity index (χ0n) is 8.63. The first kappa shape index (κ1) is 12.7. The van der Waals surface area contributed by atoms with Gasteiger partial charge in [-0.05, 0) is 6.42 Å². The average molecular weight is 202 g/mol. The van der Waals surface area contributed by atoms with Crippen LogP contribution in [0.2, 0.25) is 0 Å². The van der Waals surface area contributed by atoms with Gasteiger partial charge in [0.25, 0.3) is 0 Å². The van der Waals surface area contributed by atoms with Crippen molar-refractivity contribution in [3.05, 3.63) is 0 Å². The van der Waals surface area contributed by atoms with Crippen LogP contribution in [0.1, 0.15) is 40.0 Å². The van der Waals surface area contributed by atoms with Gasteiger partial charge >= 0.3 is 0 Å². The van der Waals surface area contributed by atoms with Crippen LogP contribution in [0.3, 0.4) is 0 Å². The van der Waals surface area contributed by atoms with Crippen LogP contribution in [0.4, 0.5) is 0 Å². The summed E-state index contributed by atoms with van der Waals surface area (Å²) in [7, 11) is 0. The molecule has 13 heavy (non-hydrogen) atoms. The van der Waals surface area contributed by atoms with E-state index in [2.05, 4.69) is 6.92 Å². The maximum absolute atomic E-state index is 11.4. The van der Waals surface area contributed by atoms with Crippen LogP contribution < -0.4 is 0 Å². The molecule has 0 radical (unpaired) electrons. The topological polar surface area (TPSA) is 34.1 Å². The first-order chi connectivity index (χ1) is 6.07. The fourth-order valence-electron chi connectivity index (χ4n) is 0.986. The van der Waals surface area contributed by atoms with Crippen molar-refractivity contribution in [2.75, 3.05) is 5.75 Å². The van der Waals surface area contributed by atoms with Crippen molar-refractivity contribution in [3.63, 3.8) is 0 Å². The molecule has 0 heterocycles. The molecular formula is C10H18O2S. The summed E-state index contributed by atoms with van der Waals surface area (Å²) < 4.78 is 0. The van der Waals surface area contributed by atoms with Crippen LogP contribution in [0.25, 0.3) is 0 Å². The third-order valence-electron chi connectivity index (χ3n) is 1.96. The molecule has 1 atom stereocenters. The normalized spacial score (nSPS) is 12.5. The Morgan fingerprint density at radius 2 is 2.00 bits per heavy atom. The van der Waals surface area contributed by atoms with E-state index < -0.39 is 0 Å². The van der Waals surface area contributed by atoms with Crippen molar-refractivity contribution >= 4 is 22.7 Å². The number of thioether (sulfide) groups is 1. The van der Waals surface area contributed by atoms with Gasteiger partial charge in [0.15, 0.2) is 5.12 Å². The first-order valence-electron chi connectivity index (χ1n) is 4.74. The molecule has 0 N–H and O–H groups in total. The van der Waals surface area contributed by atoms with Crippen molar-refractivity contribution in [1.29, 1.82) is 0 Å². The van der Waals surface area contributed by atoms with E-state index in [0.29, 0.717) is 5.75 Å². The number of Topliss-reactive ketones (excluding diaryl/α,β-unsaturated/α-hetero) is 1. The number of carbonyl (C=O) groups is 2. The van der Waals surface area contributed by atoms with Crippen molar-refractivity contribution < 1.29 is 9.59 Å². The molecule has 0 aromatic rings. The number of rotatable bonds is 6. The second-order valence-corrected chi connectivity index (χ2v) is 4.44. The van der Waals surface area contributed by atoms with Gasteiger partial charge in [0.2, 0.25) is 0 Å². The molecule has 0 saturated carbocycles. The lowest BCUT2D eigenvalue weighted by Gasteiger charge is -2.07. The van der Waals surface area contributed by atoms with E-state index in [9.17, 15) is 9.59 Å². The Balaban J connectivity index is 3.63. The molecule has 0 aliphatic rings.